The Labute approximate surface area is 111 Å². The molecule has 0 bridgehead atoms. The van der Waals surface area contributed by atoms with Crippen LogP contribution >= 0.6 is 0 Å². The van der Waals surface area contributed by atoms with E-state index in [1.807, 2.05) is 12.4 Å². The maximum Gasteiger partial charge on any atom is 0.0270 e. The molecule has 1 aliphatic rings. The molecule has 0 spiro atoms. The molecule has 0 radical (unpaired) electrons. The van der Waals surface area contributed by atoms with E-state index in [1.165, 1.54) is 31.2 Å². The summed E-state index contributed by atoms with van der Waals surface area (Å²) in [5.41, 5.74) is 7.97. The second kappa shape index (κ2) is 5.83. The quantitative estimate of drug-likeness (QED) is 0.828. The summed E-state index contributed by atoms with van der Waals surface area (Å²) in [7, 11) is 0. The van der Waals surface area contributed by atoms with Gasteiger partial charge in [-0.1, -0.05) is 26.7 Å². The Bertz CT molecular complexity index is 361. The van der Waals surface area contributed by atoms with E-state index in [0.717, 1.165) is 24.7 Å². The van der Waals surface area contributed by atoms with Crippen LogP contribution in [0, 0.1) is 11.8 Å². The fourth-order valence-corrected chi connectivity index (χ4v) is 3.21. The molecule has 18 heavy (non-hydrogen) atoms. The molecule has 2 atom stereocenters. The van der Waals surface area contributed by atoms with Crippen molar-refractivity contribution >= 4 is 0 Å². The monoisotopic (exact) mass is 246 g/mol. The van der Waals surface area contributed by atoms with Crippen molar-refractivity contribution in [1.29, 1.82) is 0 Å². The van der Waals surface area contributed by atoms with Crippen LogP contribution in [0.4, 0.5) is 0 Å². The molecule has 2 N–H and O–H groups in total. The minimum atomic E-state index is 0.00495. The summed E-state index contributed by atoms with van der Waals surface area (Å²) in [5, 5.41) is 0. The largest absolute Gasteiger partial charge is 0.325 e. The molecule has 1 aromatic heterocycles. The Morgan fingerprint density at radius 3 is 2.67 bits per heavy atom. The van der Waals surface area contributed by atoms with Gasteiger partial charge in [-0.05, 0) is 55.2 Å². The third-order valence-corrected chi connectivity index (χ3v) is 4.51. The summed E-state index contributed by atoms with van der Waals surface area (Å²) in [6.07, 6.45) is 11.0. The van der Waals surface area contributed by atoms with Gasteiger partial charge >= 0.3 is 0 Å². The number of aromatic nitrogens is 1. The van der Waals surface area contributed by atoms with Gasteiger partial charge in [-0.15, -0.1) is 0 Å². The SMILES string of the molecule is CC(C)C1CCCC(N)(Cc2ccncc2)CC1. The van der Waals surface area contributed by atoms with Gasteiger partial charge in [0.1, 0.15) is 0 Å². The normalized spacial score (nSPS) is 29.2. The van der Waals surface area contributed by atoms with Gasteiger partial charge in [0.2, 0.25) is 0 Å². The lowest BCUT2D eigenvalue weighted by Gasteiger charge is -2.28. The predicted molar refractivity (Wildman–Crippen MR) is 76.3 cm³/mol. The zero-order valence-corrected chi connectivity index (χ0v) is 11.7. The summed E-state index contributed by atoms with van der Waals surface area (Å²) in [4.78, 5) is 4.07. The van der Waals surface area contributed by atoms with Crippen LogP contribution in [0.3, 0.4) is 0 Å². The highest BCUT2D eigenvalue weighted by Gasteiger charge is 2.30. The van der Waals surface area contributed by atoms with Crippen LogP contribution in [0.25, 0.3) is 0 Å². The van der Waals surface area contributed by atoms with Crippen LogP contribution in [0.5, 0.6) is 0 Å². The number of nitrogens with zero attached hydrogens (tertiary/aromatic N) is 1. The Hall–Kier alpha value is -0.890. The molecule has 1 fully saturated rings. The van der Waals surface area contributed by atoms with Crippen molar-refractivity contribution in [2.75, 3.05) is 0 Å². The fraction of sp³-hybridized carbons (Fsp3) is 0.688. The smallest absolute Gasteiger partial charge is 0.0270 e. The van der Waals surface area contributed by atoms with Gasteiger partial charge < -0.3 is 5.73 Å². The van der Waals surface area contributed by atoms with E-state index >= 15 is 0 Å². The lowest BCUT2D eigenvalue weighted by molar-refractivity contribution is 0.321. The Morgan fingerprint density at radius 1 is 1.28 bits per heavy atom. The van der Waals surface area contributed by atoms with E-state index < -0.39 is 0 Å². The van der Waals surface area contributed by atoms with Crippen molar-refractivity contribution in [3.05, 3.63) is 30.1 Å². The van der Waals surface area contributed by atoms with Gasteiger partial charge in [0.25, 0.3) is 0 Å². The molecule has 1 aromatic rings. The second-order valence-corrected chi connectivity index (χ2v) is 6.33. The standard InChI is InChI=1S/C16H26N2/c1-13(2)15-4-3-8-16(17,9-5-15)12-14-6-10-18-11-7-14/h6-7,10-11,13,15H,3-5,8-9,12,17H2,1-2H3. The molecule has 100 valence electrons. The zero-order chi connectivity index (χ0) is 13.0. The van der Waals surface area contributed by atoms with E-state index in [-0.39, 0.29) is 5.54 Å². The van der Waals surface area contributed by atoms with Crippen LogP contribution in [-0.2, 0) is 6.42 Å². The van der Waals surface area contributed by atoms with Crippen molar-refractivity contribution in [2.45, 2.75) is 57.9 Å². The van der Waals surface area contributed by atoms with Gasteiger partial charge in [-0.2, -0.15) is 0 Å². The number of rotatable bonds is 3. The first-order valence-corrected chi connectivity index (χ1v) is 7.27. The molecule has 0 aliphatic heterocycles. The lowest BCUT2D eigenvalue weighted by atomic mass is 9.83. The molecule has 0 saturated heterocycles. The molecular formula is C16H26N2. The maximum atomic E-state index is 6.63. The maximum absolute atomic E-state index is 6.63. The number of nitrogens with two attached hydrogens (primary N) is 1. The number of pyridine rings is 1. The predicted octanol–water partition coefficient (Wildman–Crippen LogP) is 3.56. The van der Waals surface area contributed by atoms with Crippen LogP contribution in [0.15, 0.2) is 24.5 Å². The van der Waals surface area contributed by atoms with E-state index in [1.54, 1.807) is 0 Å². The highest BCUT2D eigenvalue weighted by molar-refractivity contribution is 5.14. The Morgan fingerprint density at radius 2 is 2.00 bits per heavy atom. The molecule has 2 unspecified atom stereocenters. The van der Waals surface area contributed by atoms with Crippen molar-refractivity contribution in [3.8, 4) is 0 Å². The first-order chi connectivity index (χ1) is 8.59. The summed E-state index contributed by atoms with van der Waals surface area (Å²) in [6.45, 7) is 4.69. The van der Waals surface area contributed by atoms with Crippen LogP contribution in [-0.4, -0.2) is 10.5 Å². The van der Waals surface area contributed by atoms with E-state index in [4.69, 9.17) is 5.73 Å². The van der Waals surface area contributed by atoms with Crippen LogP contribution in [0.2, 0.25) is 0 Å². The average molecular weight is 246 g/mol. The van der Waals surface area contributed by atoms with Gasteiger partial charge in [0.15, 0.2) is 0 Å². The first-order valence-electron chi connectivity index (χ1n) is 7.27. The van der Waals surface area contributed by atoms with E-state index in [0.29, 0.717) is 0 Å². The average Bonchev–Trinajstić information content (AvgIpc) is 2.52. The molecule has 1 aliphatic carbocycles. The van der Waals surface area contributed by atoms with Crippen molar-refractivity contribution in [3.63, 3.8) is 0 Å². The van der Waals surface area contributed by atoms with E-state index in [9.17, 15) is 0 Å². The number of hydrogen-bond acceptors (Lipinski definition) is 2. The number of hydrogen-bond donors (Lipinski definition) is 1. The lowest BCUT2D eigenvalue weighted by Crippen LogP contribution is -2.41. The van der Waals surface area contributed by atoms with Crippen molar-refractivity contribution in [2.24, 2.45) is 17.6 Å². The molecule has 2 heteroatoms. The zero-order valence-electron chi connectivity index (χ0n) is 11.7. The highest BCUT2D eigenvalue weighted by Crippen LogP contribution is 2.34. The molecule has 1 heterocycles. The second-order valence-electron chi connectivity index (χ2n) is 6.33. The van der Waals surface area contributed by atoms with E-state index in [2.05, 4.69) is 31.0 Å². The van der Waals surface area contributed by atoms with Gasteiger partial charge in [0, 0.05) is 17.9 Å². The molecule has 1 saturated carbocycles. The third kappa shape index (κ3) is 3.55. The van der Waals surface area contributed by atoms with Crippen LogP contribution in [0.1, 0.15) is 51.5 Å². The summed E-state index contributed by atoms with van der Waals surface area (Å²) in [6, 6.07) is 4.19. The minimum Gasteiger partial charge on any atom is -0.325 e. The fourth-order valence-electron chi connectivity index (χ4n) is 3.21. The summed E-state index contributed by atoms with van der Waals surface area (Å²) >= 11 is 0. The van der Waals surface area contributed by atoms with Crippen molar-refractivity contribution in [1.82, 2.24) is 4.98 Å². The topological polar surface area (TPSA) is 38.9 Å². The molecule has 0 amide bonds. The molecule has 2 rings (SSSR count). The summed E-state index contributed by atoms with van der Waals surface area (Å²) in [5.74, 6) is 1.67. The first kappa shape index (κ1) is 13.5. The van der Waals surface area contributed by atoms with Crippen LogP contribution < -0.4 is 5.73 Å². The van der Waals surface area contributed by atoms with Gasteiger partial charge in [0.05, 0.1) is 0 Å². The van der Waals surface area contributed by atoms with Crippen molar-refractivity contribution < 1.29 is 0 Å². The Kier molecular flexibility index (Phi) is 4.39. The Balaban J connectivity index is 1.99. The molecular weight excluding hydrogens is 220 g/mol. The molecule has 2 nitrogen and oxygen atoms in total. The molecule has 0 aromatic carbocycles. The van der Waals surface area contributed by atoms with Gasteiger partial charge in [-0.25, -0.2) is 0 Å². The third-order valence-electron chi connectivity index (χ3n) is 4.51. The highest BCUT2D eigenvalue weighted by atomic mass is 14.7. The minimum absolute atomic E-state index is 0.00495. The van der Waals surface area contributed by atoms with Gasteiger partial charge in [-0.3, -0.25) is 4.98 Å². The summed E-state index contributed by atoms with van der Waals surface area (Å²) < 4.78 is 0.